The molecule has 1 fully saturated rings. The lowest BCUT2D eigenvalue weighted by Gasteiger charge is -2.34. The average Bonchev–Trinajstić information content (AvgIpc) is 3.40. The molecule has 4 rings (SSSR count). The van der Waals surface area contributed by atoms with Gasteiger partial charge in [0.1, 0.15) is 17.1 Å². The van der Waals surface area contributed by atoms with Crippen LogP contribution < -0.4 is 15.4 Å². The lowest BCUT2D eigenvalue weighted by molar-refractivity contribution is -0.173. The molecular formula is C20H23F3N4O3. The molecule has 30 heavy (non-hydrogen) atoms. The van der Waals surface area contributed by atoms with Gasteiger partial charge in [-0.3, -0.25) is 4.79 Å². The fourth-order valence-corrected chi connectivity index (χ4v) is 3.99. The number of nitrogens with one attached hydrogen (secondary N) is 2. The van der Waals surface area contributed by atoms with E-state index in [0.29, 0.717) is 24.5 Å². The smallest absolute Gasteiger partial charge is 0.410 e. The van der Waals surface area contributed by atoms with Crippen LogP contribution in [0.4, 0.5) is 19.0 Å². The number of hydrogen-bond acceptors (Lipinski definition) is 5. The zero-order valence-corrected chi connectivity index (χ0v) is 16.4. The summed E-state index contributed by atoms with van der Waals surface area (Å²) in [6.45, 7) is 0.960. The van der Waals surface area contributed by atoms with Crippen LogP contribution in [0.5, 0.6) is 5.75 Å². The highest BCUT2D eigenvalue weighted by atomic mass is 19.4. The Morgan fingerprint density at radius 3 is 2.90 bits per heavy atom. The lowest BCUT2D eigenvalue weighted by Crippen LogP contribution is -2.37. The third-order valence-corrected chi connectivity index (χ3v) is 5.51. The molecule has 0 saturated carbocycles. The minimum Gasteiger partial charge on any atom is -0.496 e. The molecule has 0 radical (unpaired) electrons. The van der Waals surface area contributed by atoms with Crippen molar-refractivity contribution in [1.29, 1.82) is 0 Å². The van der Waals surface area contributed by atoms with E-state index in [1.165, 1.54) is 13.3 Å². The number of carbonyl (C=O) groups is 1. The highest BCUT2D eigenvalue weighted by molar-refractivity contribution is 5.98. The summed E-state index contributed by atoms with van der Waals surface area (Å²) in [5.41, 5.74) is 0.661. The third-order valence-electron chi connectivity index (χ3n) is 5.51. The van der Waals surface area contributed by atoms with Crippen LogP contribution in [0.3, 0.4) is 0 Å². The molecular weight excluding hydrogens is 401 g/mol. The Hall–Kier alpha value is -2.75. The maximum atomic E-state index is 13.8. The van der Waals surface area contributed by atoms with E-state index >= 15 is 0 Å². The van der Waals surface area contributed by atoms with Crippen molar-refractivity contribution in [3.8, 4) is 5.75 Å². The molecule has 0 bridgehead atoms. The van der Waals surface area contributed by atoms with Crippen molar-refractivity contribution in [3.05, 3.63) is 41.6 Å². The first-order valence-corrected chi connectivity index (χ1v) is 9.82. The zero-order valence-electron chi connectivity index (χ0n) is 16.4. The van der Waals surface area contributed by atoms with Crippen LogP contribution in [-0.4, -0.2) is 48.2 Å². The summed E-state index contributed by atoms with van der Waals surface area (Å²) in [6, 6.07) is 4.35. The summed E-state index contributed by atoms with van der Waals surface area (Å²) in [5.74, 6) is 0.0402. The molecule has 1 amide bonds. The Labute approximate surface area is 171 Å². The Morgan fingerprint density at radius 1 is 1.40 bits per heavy atom. The van der Waals surface area contributed by atoms with Crippen molar-refractivity contribution in [3.63, 3.8) is 0 Å². The zero-order chi connectivity index (χ0) is 21.3. The number of fused-ring (bicyclic) bond motifs is 1. The number of halogens is 3. The summed E-state index contributed by atoms with van der Waals surface area (Å²) >= 11 is 0. The normalized spacial score (nSPS) is 23.5. The first kappa shape index (κ1) is 20.5. The van der Waals surface area contributed by atoms with Gasteiger partial charge in [0.25, 0.3) is 5.91 Å². The minimum absolute atomic E-state index is 0.0457. The van der Waals surface area contributed by atoms with Gasteiger partial charge in [0.2, 0.25) is 0 Å². The van der Waals surface area contributed by atoms with E-state index in [-0.39, 0.29) is 23.9 Å². The second-order valence-corrected chi connectivity index (χ2v) is 7.43. The number of hydrogen-bond donors (Lipinski definition) is 2. The maximum Gasteiger partial charge on any atom is 0.410 e. The summed E-state index contributed by atoms with van der Waals surface area (Å²) in [5, 5.41) is 9.71. The Kier molecular flexibility index (Phi) is 5.59. The van der Waals surface area contributed by atoms with Crippen LogP contribution in [0.25, 0.3) is 0 Å². The van der Waals surface area contributed by atoms with Crippen LogP contribution >= 0.6 is 0 Å². The molecule has 3 atom stereocenters. The number of carbonyl (C=O) groups excluding carboxylic acids is 1. The fourth-order valence-electron chi connectivity index (χ4n) is 3.99. The van der Waals surface area contributed by atoms with E-state index in [4.69, 9.17) is 9.47 Å². The maximum absolute atomic E-state index is 13.8. The van der Waals surface area contributed by atoms with Crippen LogP contribution in [0.15, 0.2) is 30.5 Å². The highest BCUT2D eigenvalue weighted by Gasteiger charge is 2.47. The number of anilines is 1. The van der Waals surface area contributed by atoms with Crippen molar-refractivity contribution in [1.82, 2.24) is 15.1 Å². The van der Waals surface area contributed by atoms with E-state index in [9.17, 15) is 18.0 Å². The molecule has 2 N–H and O–H groups in total. The first-order valence-electron chi connectivity index (χ1n) is 9.82. The number of benzene rings is 1. The molecule has 1 aromatic carbocycles. The molecule has 0 spiro atoms. The number of methoxy groups -OCH3 is 1. The van der Waals surface area contributed by atoms with Gasteiger partial charge in [-0.1, -0.05) is 18.2 Å². The number of aromatic nitrogens is 2. The first-order chi connectivity index (χ1) is 14.4. The van der Waals surface area contributed by atoms with Crippen LogP contribution in [0, 0.1) is 0 Å². The van der Waals surface area contributed by atoms with E-state index in [2.05, 4.69) is 15.7 Å². The molecule has 2 aliphatic rings. The van der Waals surface area contributed by atoms with Gasteiger partial charge < -0.3 is 20.1 Å². The number of rotatable bonds is 5. The van der Waals surface area contributed by atoms with Crippen molar-refractivity contribution >= 4 is 11.7 Å². The second kappa shape index (κ2) is 8.17. The van der Waals surface area contributed by atoms with Gasteiger partial charge in [-0.25, -0.2) is 4.68 Å². The topological polar surface area (TPSA) is 77.4 Å². The molecule has 162 valence electrons. The van der Waals surface area contributed by atoms with Crippen molar-refractivity contribution in [2.24, 2.45) is 0 Å². The molecule has 0 aliphatic carbocycles. The van der Waals surface area contributed by atoms with Crippen molar-refractivity contribution in [2.45, 2.75) is 43.6 Å². The van der Waals surface area contributed by atoms with E-state index in [1.807, 2.05) is 0 Å². The number of ether oxygens (including phenoxy) is 2. The summed E-state index contributed by atoms with van der Waals surface area (Å²) in [4.78, 5) is 12.7. The predicted molar refractivity (Wildman–Crippen MR) is 103 cm³/mol. The van der Waals surface area contributed by atoms with Gasteiger partial charge in [-0.15, -0.1) is 0 Å². The van der Waals surface area contributed by atoms with Gasteiger partial charge in [-0.05, 0) is 18.9 Å². The monoisotopic (exact) mass is 424 g/mol. The molecule has 3 heterocycles. The standard InChI is InChI=1S/C20H23F3N4O3/c1-29-16-7-3-2-6-13(16)15-9-17(20(21,22)23)27-18(26-15)14(11-25-27)19(28)24-10-12-5-4-8-30-12/h2-3,6-7,11-12,15,17,26H,4-5,8-10H2,1H3,(H,24,28)/t12-,15-,17-/m0/s1. The Balaban J connectivity index is 1.63. The van der Waals surface area contributed by atoms with E-state index in [1.54, 1.807) is 24.3 Å². The molecule has 1 saturated heterocycles. The fraction of sp³-hybridized carbons (Fsp3) is 0.500. The van der Waals surface area contributed by atoms with Crippen LogP contribution in [-0.2, 0) is 4.74 Å². The minimum atomic E-state index is -4.52. The Bertz CT molecular complexity index is 909. The summed E-state index contributed by atoms with van der Waals surface area (Å²) in [6.07, 6.45) is -1.91. The predicted octanol–water partition coefficient (Wildman–Crippen LogP) is 3.46. The van der Waals surface area contributed by atoms with Crippen molar-refractivity contribution < 1.29 is 27.4 Å². The van der Waals surface area contributed by atoms with Crippen LogP contribution in [0.2, 0.25) is 0 Å². The van der Waals surface area contributed by atoms with Crippen LogP contribution in [0.1, 0.15) is 47.3 Å². The third kappa shape index (κ3) is 3.96. The average molecular weight is 424 g/mol. The summed E-state index contributed by atoms with van der Waals surface area (Å²) in [7, 11) is 1.47. The lowest BCUT2D eigenvalue weighted by atomic mass is 9.95. The quantitative estimate of drug-likeness (QED) is 0.769. The van der Waals surface area contributed by atoms with Gasteiger partial charge >= 0.3 is 6.18 Å². The SMILES string of the molecule is COc1ccccc1[C@@H]1C[C@@H](C(F)(F)F)n2ncc(C(=O)NC[C@@H]3CCCO3)c2N1. The molecule has 10 heteroatoms. The number of nitrogens with zero attached hydrogens (tertiary/aromatic N) is 2. The number of amides is 1. The molecule has 2 aromatic rings. The van der Waals surface area contributed by atoms with Crippen molar-refractivity contribution in [2.75, 3.05) is 25.6 Å². The van der Waals surface area contributed by atoms with Gasteiger partial charge in [0, 0.05) is 25.1 Å². The van der Waals surface area contributed by atoms with E-state index in [0.717, 1.165) is 17.5 Å². The molecule has 0 unspecified atom stereocenters. The second-order valence-electron chi connectivity index (χ2n) is 7.43. The largest absolute Gasteiger partial charge is 0.496 e. The molecule has 1 aromatic heterocycles. The van der Waals surface area contributed by atoms with Gasteiger partial charge in [0.15, 0.2) is 6.04 Å². The van der Waals surface area contributed by atoms with Gasteiger partial charge in [0.05, 0.1) is 25.5 Å². The van der Waals surface area contributed by atoms with Gasteiger partial charge in [-0.2, -0.15) is 18.3 Å². The van der Waals surface area contributed by atoms with E-state index < -0.39 is 24.2 Å². The number of alkyl halides is 3. The Morgan fingerprint density at radius 2 is 2.20 bits per heavy atom. The number of para-hydroxylation sites is 1. The highest BCUT2D eigenvalue weighted by Crippen LogP contribution is 2.45. The summed E-state index contributed by atoms with van der Waals surface area (Å²) < 4.78 is 53.1. The molecule has 2 aliphatic heterocycles. The molecule has 7 nitrogen and oxygen atoms in total.